The maximum atomic E-state index is 12.1. The Balaban J connectivity index is 1.41. The molecule has 1 N–H and O–H groups in total. The third kappa shape index (κ3) is 4.26. The predicted molar refractivity (Wildman–Crippen MR) is 91.3 cm³/mol. The predicted octanol–water partition coefficient (Wildman–Crippen LogP) is 2.00. The van der Waals surface area contributed by atoms with Crippen molar-refractivity contribution in [3.63, 3.8) is 0 Å². The molecule has 1 aromatic carbocycles. The van der Waals surface area contributed by atoms with Crippen LogP contribution in [0.4, 0.5) is 10.7 Å². The van der Waals surface area contributed by atoms with Gasteiger partial charge in [-0.3, -0.25) is 0 Å². The quantitative estimate of drug-likeness (QED) is 0.857. The van der Waals surface area contributed by atoms with Gasteiger partial charge in [0, 0.05) is 43.6 Å². The lowest BCUT2D eigenvalue weighted by Gasteiger charge is -2.34. The number of amides is 2. The Morgan fingerprint density at radius 3 is 2.46 bits per heavy atom. The van der Waals surface area contributed by atoms with Crippen LogP contribution in [0.25, 0.3) is 0 Å². The summed E-state index contributed by atoms with van der Waals surface area (Å²) in [7, 11) is 0. The van der Waals surface area contributed by atoms with Crippen molar-refractivity contribution in [1.82, 2.24) is 20.2 Å². The zero-order valence-corrected chi connectivity index (χ0v) is 13.8. The molecule has 8 heteroatoms. The van der Waals surface area contributed by atoms with Crippen LogP contribution in [0.5, 0.6) is 5.75 Å². The molecule has 0 atom stereocenters. The highest BCUT2D eigenvalue weighted by Crippen LogP contribution is 2.15. The van der Waals surface area contributed by atoms with Crippen LogP contribution < -0.4 is 15.0 Å². The van der Waals surface area contributed by atoms with E-state index in [1.165, 1.54) is 0 Å². The fourth-order valence-electron chi connectivity index (χ4n) is 2.39. The highest BCUT2D eigenvalue weighted by atomic mass is 35.5. The van der Waals surface area contributed by atoms with Gasteiger partial charge in [-0.2, -0.15) is 0 Å². The summed E-state index contributed by atoms with van der Waals surface area (Å²) >= 11 is 5.81. The summed E-state index contributed by atoms with van der Waals surface area (Å²) in [5, 5.41) is 3.40. The van der Waals surface area contributed by atoms with Crippen LogP contribution in [0, 0.1) is 0 Å². The third-order valence-electron chi connectivity index (χ3n) is 3.68. The molecule has 0 spiro atoms. The first-order valence-corrected chi connectivity index (χ1v) is 8.03. The third-order valence-corrected chi connectivity index (χ3v) is 3.93. The molecule has 0 radical (unpaired) electrons. The van der Waals surface area contributed by atoms with Crippen molar-refractivity contribution in [1.29, 1.82) is 0 Å². The first-order chi connectivity index (χ1) is 11.7. The van der Waals surface area contributed by atoms with Crippen molar-refractivity contribution in [3.05, 3.63) is 47.7 Å². The molecule has 24 heavy (non-hydrogen) atoms. The standard InChI is InChI=1S/C16H18ClN5O2/c17-13-2-4-14(5-3-13)24-12-20-16(23)22-10-8-21(9-11-22)15-18-6-1-7-19-15/h1-7H,8-12H2,(H,20,23). The number of anilines is 1. The molecule has 0 unspecified atom stereocenters. The van der Waals surface area contributed by atoms with Crippen LogP contribution in [0.2, 0.25) is 5.02 Å². The first kappa shape index (κ1) is 16.3. The van der Waals surface area contributed by atoms with Gasteiger partial charge in [0.1, 0.15) is 5.75 Å². The lowest BCUT2D eigenvalue weighted by atomic mass is 10.3. The highest BCUT2D eigenvalue weighted by molar-refractivity contribution is 6.30. The summed E-state index contributed by atoms with van der Waals surface area (Å²) in [6.45, 7) is 2.75. The number of nitrogens with zero attached hydrogens (tertiary/aromatic N) is 4. The number of carbonyl (C=O) groups is 1. The van der Waals surface area contributed by atoms with Crippen LogP contribution in [0.1, 0.15) is 0 Å². The number of hydrogen-bond acceptors (Lipinski definition) is 5. The number of rotatable bonds is 4. The number of carbonyl (C=O) groups excluding carboxylic acids is 1. The van der Waals surface area contributed by atoms with Crippen molar-refractivity contribution in [2.24, 2.45) is 0 Å². The van der Waals surface area contributed by atoms with Gasteiger partial charge < -0.3 is 19.9 Å². The highest BCUT2D eigenvalue weighted by Gasteiger charge is 2.22. The fourth-order valence-corrected chi connectivity index (χ4v) is 2.51. The largest absolute Gasteiger partial charge is 0.473 e. The summed E-state index contributed by atoms with van der Waals surface area (Å²) in [4.78, 5) is 24.4. The van der Waals surface area contributed by atoms with E-state index in [-0.39, 0.29) is 12.8 Å². The Kier molecular flexibility index (Phi) is 5.32. The van der Waals surface area contributed by atoms with E-state index < -0.39 is 0 Å². The number of piperazine rings is 1. The van der Waals surface area contributed by atoms with E-state index in [4.69, 9.17) is 16.3 Å². The molecule has 2 heterocycles. The van der Waals surface area contributed by atoms with Crippen molar-refractivity contribution in [2.45, 2.75) is 0 Å². The second-order valence-electron chi connectivity index (χ2n) is 5.25. The van der Waals surface area contributed by atoms with E-state index in [9.17, 15) is 4.79 Å². The van der Waals surface area contributed by atoms with Crippen LogP contribution >= 0.6 is 11.6 Å². The molecule has 1 aliphatic heterocycles. The lowest BCUT2D eigenvalue weighted by Crippen LogP contribution is -2.52. The number of benzene rings is 1. The van der Waals surface area contributed by atoms with Crippen LogP contribution in [0.15, 0.2) is 42.7 Å². The summed E-state index contributed by atoms with van der Waals surface area (Å²) in [5.41, 5.74) is 0. The Bertz CT molecular complexity index is 660. The van der Waals surface area contributed by atoms with Gasteiger partial charge in [-0.15, -0.1) is 0 Å². The first-order valence-electron chi connectivity index (χ1n) is 7.65. The van der Waals surface area contributed by atoms with Gasteiger partial charge in [0.05, 0.1) is 0 Å². The second kappa shape index (κ2) is 7.83. The maximum absolute atomic E-state index is 12.1. The molecule has 126 valence electrons. The average molecular weight is 348 g/mol. The van der Waals surface area contributed by atoms with Gasteiger partial charge in [0.15, 0.2) is 6.73 Å². The summed E-state index contributed by atoms with van der Waals surface area (Å²) in [5.74, 6) is 1.36. The molecule has 1 aliphatic rings. The fraction of sp³-hybridized carbons (Fsp3) is 0.312. The monoisotopic (exact) mass is 347 g/mol. The Morgan fingerprint density at radius 1 is 1.12 bits per heavy atom. The van der Waals surface area contributed by atoms with E-state index in [0.29, 0.717) is 42.9 Å². The SMILES string of the molecule is O=C(NCOc1ccc(Cl)cc1)N1CCN(c2ncccn2)CC1. The lowest BCUT2D eigenvalue weighted by molar-refractivity contribution is 0.181. The zero-order chi connectivity index (χ0) is 16.8. The number of nitrogens with one attached hydrogen (secondary N) is 1. The van der Waals surface area contributed by atoms with Crippen LogP contribution in [0.3, 0.4) is 0 Å². The average Bonchev–Trinajstić information content (AvgIpc) is 2.64. The molecule has 0 aliphatic carbocycles. The van der Waals surface area contributed by atoms with Gasteiger partial charge >= 0.3 is 6.03 Å². The van der Waals surface area contributed by atoms with Gasteiger partial charge in [0.25, 0.3) is 0 Å². The van der Waals surface area contributed by atoms with E-state index in [1.54, 1.807) is 47.6 Å². The van der Waals surface area contributed by atoms with E-state index in [2.05, 4.69) is 20.2 Å². The van der Waals surface area contributed by atoms with Gasteiger partial charge in [-0.25, -0.2) is 14.8 Å². The minimum absolute atomic E-state index is 0.114. The smallest absolute Gasteiger partial charge is 0.320 e. The molecule has 1 aromatic heterocycles. The molecule has 3 rings (SSSR count). The second-order valence-corrected chi connectivity index (χ2v) is 5.68. The Morgan fingerprint density at radius 2 is 1.79 bits per heavy atom. The molecular weight excluding hydrogens is 330 g/mol. The Hall–Kier alpha value is -2.54. The molecule has 0 saturated carbocycles. The molecule has 7 nitrogen and oxygen atoms in total. The molecule has 2 aromatic rings. The van der Waals surface area contributed by atoms with Crippen LogP contribution in [-0.2, 0) is 0 Å². The number of aromatic nitrogens is 2. The Labute approximate surface area is 145 Å². The molecule has 2 amide bonds. The van der Waals surface area contributed by atoms with Crippen molar-refractivity contribution in [3.8, 4) is 5.75 Å². The summed E-state index contributed by atoms with van der Waals surface area (Å²) in [6.07, 6.45) is 3.44. The van der Waals surface area contributed by atoms with E-state index in [0.717, 1.165) is 0 Å². The van der Waals surface area contributed by atoms with Crippen LogP contribution in [-0.4, -0.2) is 53.8 Å². The van der Waals surface area contributed by atoms with Crippen molar-refractivity contribution < 1.29 is 9.53 Å². The molecule has 0 bridgehead atoms. The zero-order valence-electron chi connectivity index (χ0n) is 13.1. The number of ether oxygens (including phenoxy) is 1. The molecule has 1 saturated heterocycles. The van der Waals surface area contributed by atoms with Gasteiger partial charge in [-0.1, -0.05) is 11.6 Å². The maximum Gasteiger partial charge on any atom is 0.320 e. The van der Waals surface area contributed by atoms with Gasteiger partial charge in [0.2, 0.25) is 5.95 Å². The summed E-state index contributed by atoms with van der Waals surface area (Å²) < 4.78 is 5.47. The normalized spacial score (nSPS) is 14.4. The van der Waals surface area contributed by atoms with Crippen molar-refractivity contribution in [2.75, 3.05) is 37.8 Å². The summed E-state index contributed by atoms with van der Waals surface area (Å²) in [6, 6.07) is 8.64. The van der Waals surface area contributed by atoms with Gasteiger partial charge in [-0.05, 0) is 30.3 Å². The number of halogens is 1. The van der Waals surface area contributed by atoms with E-state index in [1.807, 2.05) is 0 Å². The number of urea groups is 1. The topological polar surface area (TPSA) is 70.6 Å². The number of hydrogen-bond donors (Lipinski definition) is 1. The minimum Gasteiger partial charge on any atom is -0.473 e. The van der Waals surface area contributed by atoms with E-state index >= 15 is 0 Å². The molecule has 1 fully saturated rings. The molecular formula is C16H18ClN5O2. The minimum atomic E-state index is -0.141. The van der Waals surface area contributed by atoms with Crippen molar-refractivity contribution >= 4 is 23.6 Å².